The third kappa shape index (κ3) is 2.73. The van der Waals surface area contributed by atoms with Crippen LogP contribution in [0, 0.1) is 0 Å². The van der Waals surface area contributed by atoms with Gasteiger partial charge in [0.25, 0.3) is 0 Å². The normalized spacial score (nSPS) is 17.9. The third-order valence-corrected chi connectivity index (χ3v) is 3.70. The summed E-state index contributed by atoms with van der Waals surface area (Å²) >= 11 is 12.2. The van der Waals surface area contributed by atoms with Crippen LogP contribution in [0.25, 0.3) is 0 Å². The van der Waals surface area contributed by atoms with E-state index in [-0.39, 0.29) is 6.04 Å². The van der Waals surface area contributed by atoms with Gasteiger partial charge in [0.05, 0.1) is 24.2 Å². The maximum Gasteiger partial charge on any atom is 0.142 e. The molecule has 3 rings (SSSR count). The average molecular weight is 298 g/mol. The molecule has 2 heterocycles. The van der Waals surface area contributed by atoms with Crippen molar-refractivity contribution in [2.45, 2.75) is 19.0 Å². The molecule has 1 aromatic carbocycles. The zero-order valence-electron chi connectivity index (χ0n) is 10.2. The highest BCUT2D eigenvalue weighted by Crippen LogP contribution is 2.39. The van der Waals surface area contributed by atoms with Gasteiger partial charge in [-0.3, -0.25) is 0 Å². The molecule has 0 aliphatic carbocycles. The van der Waals surface area contributed by atoms with Gasteiger partial charge in [0.2, 0.25) is 0 Å². The van der Waals surface area contributed by atoms with Crippen LogP contribution in [0.4, 0.5) is 0 Å². The first kappa shape index (κ1) is 12.9. The van der Waals surface area contributed by atoms with E-state index in [4.69, 9.17) is 32.4 Å². The predicted molar refractivity (Wildman–Crippen MR) is 74.9 cm³/mol. The van der Waals surface area contributed by atoms with E-state index in [9.17, 15) is 0 Å². The van der Waals surface area contributed by atoms with Crippen molar-refractivity contribution in [2.24, 2.45) is 0 Å². The first-order chi connectivity index (χ1) is 9.24. The number of furan rings is 1. The molecule has 0 spiro atoms. The standard InChI is InChI=1S/C14H13Cl2NO2/c15-10-5-11-13(17-7-9-1-3-18-8-9)2-4-19-14(11)12(16)6-10/h1,3,5-6,8,13,17H,2,4,7H2. The van der Waals surface area contributed by atoms with Crippen LogP contribution in [-0.4, -0.2) is 6.61 Å². The summed E-state index contributed by atoms with van der Waals surface area (Å²) in [4.78, 5) is 0. The molecule has 1 aromatic heterocycles. The van der Waals surface area contributed by atoms with Gasteiger partial charge in [-0.05, 0) is 18.2 Å². The number of benzene rings is 1. The largest absolute Gasteiger partial charge is 0.492 e. The summed E-state index contributed by atoms with van der Waals surface area (Å²) in [5.41, 5.74) is 2.13. The van der Waals surface area contributed by atoms with Crippen molar-refractivity contribution in [2.75, 3.05) is 6.61 Å². The quantitative estimate of drug-likeness (QED) is 0.922. The topological polar surface area (TPSA) is 34.4 Å². The molecule has 0 saturated heterocycles. The van der Waals surface area contributed by atoms with Crippen molar-refractivity contribution >= 4 is 23.2 Å². The van der Waals surface area contributed by atoms with Gasteiger partial charge < -0.3 is 14.5 Å². The molecule has 1 unspecified atom stereocenters. The fourth-order valence-electron chi connectivity index (χ4n) is 2.27. The number of halogens is 2. The minimum Gasteiger partial charge on any atom is -0.492 e. The Morgan fingerprint density at radius 2 is 2.21 bits per heavy atom. The monoisotopic (exact) mass is 297 g/mol. The maximum absolute atomic E-state index is 6.16. The lowest BCUT2D eigenvalue weighted by atomic mass is 10.0. The number of rotatable bonds is 3. The Kier molecular flexibility index (Phi) is 3.69. The first-order valence-electron chi connectivity index (χ1n) is 6.10. The summed E-state index contributed by atoms with van der Waals surface area (Å²) in [6.45, 7) is 1.39. The Hall–Kier alpha value is -1.16. The van der Waals surface area contributed by atoms with Gasteiger partial charge in [0, 0.05) is 35.2 Å². The molecule has 2 aromatic rings. The summed E-state index contributed by atoms with van der Waals surface area (Å²) in [5.74, 6) is 0.738. The molecule has 0 radical (unpaired) electrons. The summed E-state index contributed by atoms with van der Waals surface area (Å²) in [6, 6.07) is 5.75. The predicted octanol–water partition coefficient (Wildman–Crippen LogP) is 4.20. The van der Waals surface area contributed by atoms with E-state index in [1.165, 1.54) is 0 Å². The van der Waals surface area contributed by atoms with Crippen molar-refractivity contribution in [1.29, 1.82) is 0 Å². The Morgan fingerprint density at radius 1 is 1.32 bits per heavy atom. The van der Waals surface area contributed by atoms with Crippen LogP contribution < -0.4 is 10.1 Å². The van der Waals surface area contributed by atoms with E-state index in [2.05, 4.69) is 5.32 Å². The average Bonchev–Trinajstić information content (AvgIpc) is 2.89. The molecular formula is C14H13Cl2NO2. The lowest BCUT2D eigenvalue weighted by Gasteiger charge is -2.27. The third-order valence-electron chi connectivity index (χ3n) is 3.20. The highest BCUT2D eigenvalue weighted by Gasteiger charge is 2.23. The van der Waals surface area contributed by atoms with Gasteiger partial charge in [-0.15, -0.1) is 0 Å². The molecule has 3 nitrogen and oxygen atoms in total. The molecule has 5 heteroatoms. The van der Waals surface area contributed by atoms with Gasteiger partial charge in [0.15, 0.2) is 0 Å². The molecule has 19 heavy (non-hydrogen) atoms. The van der Waals surface area contributed by atoms with Gasteiger partial charge in [-0.25, -0.2) is 0 Å². The lowest BCUT2D eigenvalue weighted by Crippen LogP contribution is -2.26. The van der Waals surface area contributed by atoms with Crippen LogP contribution in [0.1, 0.15) is 23.6 Å². The number of hydrogen-bond acceptors (Lipinski definition) is 3. The summed E-state index contributed by atoms with van der Waals surface area (Å²) in [5, 5.41) is 4.67. The van der Waals surface area contributed by atoms with E-state index in [1.807, 2.05) is 12.1 Å². The van der Waals surface area contributed by atoms with Crippen molar-refractivity contribution in [3.8, 4) is 5.75 Å². The van der Waals surface area contributed by atoms with Crippen LogP contribution in [0.15, 0.2) is 35.1 Å². The molecule has 0 saturated carbocycles. The second-order valence-electron chi connectivity index (χ2n) is 4.51. The fourth-order valence-corrected chi connectivity index (χ4v) is 2.84. The second-order valence-corrected chi connectivity index (χ2v) is 5.35. The lowest BCUT2D eigenvalue weighted by molar-refractivity contribution is 0.252. The van der Waals surface area contributed by atoms with E-state index < -0.39 is 0 Å². The van der Waals surface area contributed by atoms with Crippen molar-refractivity contribution in [3.05, 3.63) is 51.9 Å². The SMILES string of the molecule is Clc1cc(Cl)c2c(c1)C(NCc1ccoc1)CCO2. The highest BCUT2D eigenvalue weighted by atomic mass is 35.5. The summed E-state index contributed by atoms with van der Waals surface area (Å²) in [6.07, 6.45) is 4.29. The summed E-state index contributed by atoms with van der Waals surface area (Å²) < 4.78 is 10.7. The van der Waals surface area contributed by atoms with Crippen LogP contribution in [-0.2, 0) is 6.54 Å². The molecule has 1 N–H and O–H groups in total. The minimum absolute atomic E-state index is 0.190. The van der Waals surface area contributed by atoms with Crippen LogP contribution in [0.5, 0.6) is 5.75 Å². The van der Waals surface area contributed by atoms with Crippen molar-refractivity contribution < 1.29 is 9.15 Å². The smallest absolute Gasteiger partial charge is 0.142 e. The van der Waals surface area contributed by atoms with E-state index in [1.54, 1.807) is 18.6 Å². The molecule has 1 aliphatic rings. The Morgan fingerprint density at radius 3 is 3.00 bits per heavy atom. The number of ether oxygens (including phenoxy) is 1. The number of fused-ring (bicyclic) bond motifs is 1. The molecule has 0 fully saturated rings. The maximum atomic E-state index is 6.16. The van der Waals surface area contributed by atoms with Gasteiger partial charge in [-0.2, -0.15) is 0 Å². The molecular weight excluding hydrogens is 285 g/mol. The molecule has 1 aliphatic heterocycles. The zero-order chi connectivity index (χ0) is 13.2. The van der Waals surface area contributed by atoms with Crippen LogP contribution in [0.3, 0.4) is 0 Å². The van der Waals surface area contributed by atoms with Crippen molar-refractivity contribution in [3.63, 3.8) is 0 Å². The molecule has 0 amide bonds. The number of nitrogens with one attached hydrogen (secondary N) is 1. The fraction of sp³-hybridized carbons (Fsp3) is 0.286. The van der Waals surface area contributed by atoms with E-state index in [0.717, 1.165) is 29.8 Å². The van der Waals surface area contributed by atoms with Gasteiger partial charge in [-0.1, -0.05) is 23.2 Å². The molecule has 1 atom stereocenters. The zero-order valence-corrected chi connectivity index (χ0v) is 11.7. The highest BCUT2D eigenvalue weighted by molar-refractivity contribution is 6.35. The van der Waals surface area contributed by atoms with Gasteiger partial charge >= 0.3 is 0 Å². The molecule has 0 bridgehead atoms. The Labute approximate surface area is 121 Å². The molecule has 100 valence electrons. The number of hydrogen-bond donors (Lipinski definition) is 1. The minimum atomic E-state index is 0.190. The van der Waals surface area contributed by atoms with Crippen LogP contribution >= 0.6 is 23.2 Å². The Balaban J connectivity index is 1.81. The van der Waals surface area contributed by atoms with E-state index in [0.29, 0.717) is 16.7 Å². The van der Waals surface area contributed by atoms with Crippen LogP contribution in [0.2, 0.25) is 10.0 Å². The van der Waals surface area contributed by atoms with Gasteiger partial charge in [0.1, 0.15) is 5.75 Å². The van der Waals surface area contributed by atoms with E-state index >= 15 is 0 Å². The summed E-state index contributed by atoms with van der Waals surface area (Å²) in [7, 11) is 0. The first-order valence-corrected chi connectivity index (χ1v) is 6.86. The second kappa shape index (κ2) is 5.45. The Bertz CT molecular complexity index is 569. The van der Waals surface area contributed by atoms with Crippen molar-refractivity contribution in [1.82, 2.24) is 5.32 Å².